The fraction of sp³-hybridized carbons (Fsp3) is 0.929. The maximum atomic E-state index is 12.4. The topological polar surface area (TPSA) is 38.8 Å². The molecule has 19 heavy (non-hydrogen) atoms. The summed E-state index contributed by atoms with van der Waals surface area (Å²) in [5.41, 5.74) is 0. The second kappa shape index (κ2) is 7.22. The summed E-state index contributed by atoms with van der Waals surface area (Å²) >= 11 is 0. The molecule has 2 heterocycles. The van der Waals surface area contributed by atoms with Crippen LogP contribution in [0.15, 0.2) is 0 Å². The molecule has 2 saturated heterocycles. The Morgan fingerprint density at radius 2 is 1.95 bits per heavy atom. The van der Waals surface area contributed by atoms with Crippen molar-refractivity contribution in [2.24, 2.45) is 0 Å². The van der Waals surface area contributed by atoms with E-state index >= 15 is 0 Å². The van der Waals surface area contributed by atoms with Crippen molar-refractivity contribution in [3.8, 4) is 0 Å². The number of piperazine rings is 1. The molecule has 2 fully saturated rings. The molecule has 5 nitrogen and oxygen atoms in total. The third-order valence-corrected chi connectivity index (χ3v) is 4.16. The molecule has 1 N–H and O–H groups in total. The quantitative estimate of drug-likeness (QED) is 0.769. The van der Waals surface area contributed by atoms with Crippen molar-refractivity contribution in [2.45, 2.75) is 25.3 Å². The van der Waals surface area contributed by atoms with Crippen LogP contribution >= 0.6 is 0 Å². The predicted octanol–water partition coefficient (Wildman–Crippen LogP) is -0.166. The predicted molar refractivity (Wildman–Crippen MR) is 77.2 cm³/mol. The Balaban J connectivity index is 1.71. The van der Waals surface area contributed by atoms with Crippen LogP contribution in [0.25, 0.3) is 0 Å². The summed E-state index contributed by atoms with van der Waals surface area (Å²) in [6.45, 7) is 7.03. The number of hydrogen-bond acceptors (Lipinski definition) is 4. The lowest BCUT2D eigenvalue weighted by Gasteiger charge is -2.37. The molecule has 2 aliphatic rings. The van der Waals surface area contributed by atoms with Gasteiger partial charge in [0.25, 0.3) is 0 Å². The van der Waals surface area contributed by atoms with Gasteiger partial charge in [0.05, 0.1) is 6.04 Å². The van der Waals surface area contributed by atoms with Gasteiger partial charge in [-0.25, -0.2) is 0 Å². The van der Waals surface area contributed by atoms with Crippen LogP contribution in [0.5, 0.6) is 0 Å². The number of carbonyl (C=O) groups excluding carboxylic acids is 1. The van der Waals surface area contributed by atoms with Crippen LogP contribution in [0.3, 0.4) is 0 Å². The van der Waals surface area contributed by atoms with Crippen LogP contribution in [0.2, 0.25) is 0 Å². The third kappa shape index (κ3) is 4.44. The van der Waals surface area contributed by atoms with Crippen molar-refractivity contribution in [2.75, 3.05) is 59.9 Å². The SMILES string of the molecule is CN(C)CCN1CCN(C(=O)C2CCCCN2)CC1. The number of likely N-dealkylation sites (N-methyl/N-ethyl adjacent to an activating group) is 1. The molecule has 0 aromatic carbocycles. The Morgan fingerprint density at radius 1 is 1.21 bits per heavy atom. The minimum atomic E-state index is 0.0853. The van der Waals surface area contributed by atoms with Gasteiger partial charge < -0.3 is 15.1 Å². The lowest BCUT2D eigenvalue weighted by molar-refractivity contribution is -0.135. The second-order valence-electron chi connectivity index (χ2n) is 5.97. The Morgan fingerprint density at radius 3 is 2.53 bits per heavy atom. The zero-order valence-electron chi connectivity index (χ0n) is 12.4. The molecule has 5 heteroatoms. The number of nitrogens with zero attached hydrogens (tertiary/aromatic N) is 3. The van der Waals surface area contributed by atoms with Crippen LogP contribution in [-0.4, -0.2) is 86.6 Å². The van der Waals surface area contributed by atoms with Gasteiger partial charge in [0.1, 0.15) is 0 Å². The zero-order chi connectivity index (χ0) is 13.7. The molecule has 110 valence electrons. The maximum Gasteiger partial charge on any atom is 0.239 e. The Bertz CT molecular complexity index is 281. The molecular weight excluding hydrogens is 240 g/mol. The molecule has 0 aromatic heterocycles. The molecule has 0 aromatic rings. The van der Waals surface area contributed by atoms with Crippen molar-refractivity contribution >= 4 is 5.91 Å². The molecule has 0 spiro atoms. The van der Waals surface area contributed by atoms with Gasteiger partial charge in [-0.2, -0.15) is 0 Å². The van der Waals surface area contributed by atoms with E-state index in [2.05, 4.69) is 34.1 Å². The van der Waals surface area contributed by atoms with Gasteiger partial charge in [0, 0.05) is 39.3 Å². The van der Waals surface area contributed by atoms with E-state index in [-0.39, 0.29) is 6.04 Å². The summed E-state index contributed by atoms with van der Waals surface area (Å²) in [6.07, 6.45) is 3.41. The molecule has 0 radical (unpaired) electrons. The molecule has 0 aliphatic carbocycles. The minimum absolute atomic E-state index is 0.0853. The summed E-state index contributed by atoms with van der Waals surface area (Å²) in [7, 11) is 4.21. The highest BCUT2D eigenvalue weighted by Crippen LogP contribution is 2.11. The van der Waals surface area contributed by atoms with E-state index < -0.39 is 0 Å². The monoisotopic (exact) mass is 268 g/mol. The molecule has 1 unspecified atom stereocenters. The van der Waals surface area contributed by atoms with E-state index in [9.17, 15) is 4.79 Å². The lowest BCUT2D eigenvalue weighted by atomic mass is 10.0. The summed E-state index contributed by atoms with van der Waals surface area (Å²) in [4.78, 5) is 19.1. The highest BCUT2D eigenvalue weighted by molar-refractivity contribution is 5.82. The second-order valence-corrected chi connectivity index (χ2v) is 5.97. The van der Waals surface area contributed by atoms with Crippen molar-refractivity contribution in [3.05, 3.63) is 0 Å². The van der Waals surface area contributed by atoms with E-state index in [1.165, 1.54) is 12.8 Å². The highest BCUT2D eigenvalue weighted by Gasteiger charge is 2.27. The average molecular weight is 268 g/mol. The number of piperidine rings is 1. The van der Waals surface area contributed by atoms with E-state index in [1.54, 1.807) is 0 Å². The largest absolute Gasteiger partial charge is 0.339 e. The number of carbonyl (C=O) groups is 1. The Kier molecular flexibility index (Phi) is 5.60. The fourth-order valence-corrected chi connectivity index (χ4v) is 2.82. The summed E-state index contributed by atoms with van der Waals surface area (Å²) < 4.78 is 0. The Hall–Kier alpha value is -0.650. The zero-order valence-corrected chi connectivity index (χ0v) is 12.4. The standard InChI is InChI=1S/C14H28N4O/c1-16(2)7-8-17-9-11-18(12-10-17)14(19)13-5-3-4-6-15-13/h13,15H,3-12H2,1-2H3. The molecule has 0 bridgehead atoms. The maximum absolute atomic E-state index is 12.4. The van der Waals surface area contributed by atoms with E-state index in [0.717, 1.165) is 52.2 Å². The summed E-state index contributed by atoms with van der Waals surface area (Å²) in [5, 5.41) is 3.36. The Labute approximate surface area is 116 Å². The van der Waals surface area contributed by atoms with E-state index in [1.807, 2.05) is 0 Å². The van der Waals surface area contributed by atoms with Crippen LogP contribution in [0.1, 0.15) is 19.3 Å². The van der Waals surface area contributed by atoms with Crippen LogP contribution in [0.4, 0.5) is 0 Å². The molecule has 1 amide bonds. The lowest BCUT2D eigenvalue weighted by Crippen LogP contribution is -2.55. The third-order valence-electron chi connectivity index (χ3n) is 4.16. The minimum Gasteiger partial charge on any atom is -0.339 e. The van der Waals surface area contributed by atoms with Crippen molar-refractivity contribution in [1.29, 1.82) is 0 Å². The molecule has 2 rings (SSSR count). The molecule has 1 atom stereocenters. The van der Waals surface area contributed by atoms with Gasteiger partial charge in [0.15, 0.2) is 0 Å². The van der Waals surface area contributed by atoms with Gasteiger partial charge >= 0.3 is 0 Å². The number of hydrogen-bond donors (Lipinski definition) is 1. The van der Waals surface area contributed by atoms with Gasteiger partial charge in [-0.3, -0.25) is 9.69 Å². The smallest absolute Gasteiger partial charge is 0.239 e. The normalized spacial score (nSPS) is 25.8. The fourth-order valence-electron chi connectivity index (χ4n) is 2.82. The molecule has 2 aliphatic heterocycles. The van der Waals surface area contributed by atoms with E-state index in [4.69, 9.17) is 0 Å². The number of rotatable bonds is 4. The molecular formula is C14H28N4O. The van der Waals surface area contributed by atoms with Gasteiger partial charge in [-0.05, 0) is 33.5 Å². The number of amides is 1. The van der Waals surface area contributed by atoms with Gasteiger partial charge in [-0.15, -0.1) is 0 Å². The first-order valence-electron chi connectivity index (χ1n) is 7.56. The molecule has 0 saturated carbocycles. The number of nitrogens with one attached hydrogen (secondary N) is 1. The van der Waals surface area contributed by atoms with Crippen molar-refractivity contribution in [1.82, 2.24) is 20.0 Å². The first-order chi connectivity index (χ1) is 9.16. The first-order valence-corrected chi connectivity index (χ1v) is 7.56. The van der Waals surface area contributed by atoms with Gasteiger partial charge in [-0.1, -0.05) is 6.42 Å². The summed E-state index contributed by atoms with van der Waals surface area (Å²) in [5.74, 6) is 0.326. The van der Waals surface area contributed by atoms with Crippen molar-refractivity contribution in [3.63, 3.8) is 0 Å². The van der Waals surface area contributed by atoms with Crippen LogP contribution < -0.4 is 5.32 Å². The van der Waals surface area contributed by atoms with E-state index in [0.29, 0.717) is 5.91 Å². The summed E-state index contributed by atoms with van der Waals surface area (Å²) in [6, 6.07) is 0.0853. The first kappa shape index (κ1) is 14.8. The average Bonchev–Trinajstić information content (AvgIpc) is 2.46. The van der Waals surface area contributed by atoms with Crippen LogP contribution in [0, 0.1) is 0 Å². The van der Waals surface area contributed by atoms with Crippen LogP contribution in [-0.2, 0) is 4.79 Å². The van der Waals surface area contributed by atoms with Crippen molar-refractivity contribution < 1.29 is 4.79 Å². The highest BCUT2D eigenvalue weighted by atomic mass is 16.2. The van der Waals surface area contributed by atoms with Gasteiger partial charge in [0.2, 0.25) is 5.91 Å².